The van der Waals surface area contributed by atoms with E-state index in [1.54, 1.807) is 0 Å². The van der Waals surface area contributed by atoms with Crippen LogP contribution in [0, 0.1) is 23.7 Å². The first-order valence-electron chi connectivity index (χ1n) is 7.43. The first-order chi connectivity index (χ1) is 7.83. The van der Waals surface area contributed by atoms with Crippen molar-refractivity contribution >= 4 is 0 Å². The molecule has 0 heterocycles. The average Bonchev–Trinajstić information content (AvgIpc) is 2.39. The van der Waals surface area contributed by atoms with Gasteiger partial charge in [0.05, 0.1) is 0 Å². The highest BCUT2D eigenvalue weighted by Crippen LogP contribution is 2.44. The van der Waals surface area contributed by atoms with Crippen LogP contribution in [0.2, 0.25) is 0 Å². The molecule has 0 spiro atoms. The molecule has 0 aromatic heterocycles. The van der Waals surface area contributed by atoms with E-state index in [1.165, 1.54) is 57.8 Å². The van der Waals surface area contributed by atoms with Crippen molar-refractivity contribution in [1.29, 1.82) is 0 Å². The number of aliphatic hydroxyl groups excluding tert-OH is 1. The molecule has 16 heavy (non-hydrogen) atoms. The van der Waals surface area contributed by atoms with Crippen molar-refractivity contribution in [1.82, 2.24) is 0 Å². The van der Waals surface area contributed by atoms with Crippen LogP contribution in [0.4, 0.5) is 0 Å². The van der Waals surface area contributed by atoms with Crippen LogP contribution in [-0.2, 0) is 0 Å². The third kappa shape index (κ3) is 2.80. The molecule has 0 aliphatic heterocycles. The number of hydrogen-bond acceptors (Lipinski definition) is 1. The smallest absolute Gasteiger partial charge is 0.0459 e. The lowest BCUT2D eigenvalue weighted by atomic mass is 9.65. The molecule has 0 aromatic carbocycles. The molecule has 1 heteroatoms. The molecule has 3 atom stereocenters. The monoisotopic (exact) mass is 224 g/mol. The molecular formula is C15H28O. The van der Waals surface area contributed by atoms with Crippen LogP contribution in [-0.4, -0.2) is 11.7 Å². The molecule has 1 N–H and O–H groups in total. The average molecular weight is 224 g/mol. The van der Waals surface area contributed by atoms with Crippen LogP contribution in [0.25, 0.3) is 0 Å². The van der Waals surface area contributed by atoms with Gasteiger partial charge >= 0.3 is 0 Å². The standard InChI is InChI=1S/C15H28O/c1-12(11-16)14-9-5-6-10-15(14)13-7-3-2-4-8-13/h12-16H,2-11H2,1H3. The van der Waals surface area contributed by atoms with Crippen LogP contribution >= 0.6 is 0 Å². The normalized spacial score (nSPS) is 34.9. The molecule has 0 amide bonds. The van der Waals surface area contributed by atoms with Gasteiger partial charge in [-0.3, -0.25) is 0 Å². The summed E-state index contributed by atoms with van der Waals surface area (Å²) in [6.07, 6.45) is 13.0. The molecule has 2 rings (SSSR count). The summed E-state index contributed by atoms with van der Waals surface area (Å²) in [6, 6.07) is 0. The zero-order valence-electron chi connectivity index (χ0n) is 10.8. The molecule has 1 nitrogen and oxygen atoms in total. The fourth-order valence-electron chi connectivity index (χ4n) is 4.18. The summed E-state index contributed by atoms with van der Waals surface area (Å²) in [7, 11) is 0. The highest BCUT2D eigenvalue weighted by Gasteiger charge is 2.34. The summed E-state index contributed by atoms with van der Waals surface area (Å²) < 4.78 is 0. The van der Waals surface area contributed by atoms with E-state index < -0.39 is 0 Å². The van der Waals surface area contributed by atoms with Crippen molar-refractivity contribution in [3.63, 3.8) is 0 Å². The minimum atomic E-state index is 0.397. The Balaban J connectivity index is 1.97. The minimum absolute atomic E-state index is 0.397. The van der Waals surface area contributed by atoms with Gasteiger partial charge in [0.25, 0.3) is 0 Å². The van der Waals surface area contributed by atoms with E-state index in [9.17, 15) is 5.11 Å². The Labute approximate surface area is 101 Å². The topological polar surface area (TPSA) is 20.2 Å². The van der Waals surface area contributed by atoms with Crippen LogP contribution < -0.4 is 0 Å². The lowest BCUT2D eigenvalue weighted by Crippen LogP contribution is -2.33. The summed E-state index contributed by atoms with van der Waals surface area (Å²) in [5, 5.41) is 9.40. The Kier molecular flexibility index (Phi) is 4.69. The number of hydrogen-bond donors (Lipinski definition) is 1. The van der Waals surface area contributed by atoms with Crippen molar-refractivity contribution in [3.05, 3.63) is 0 Å². The van der Waals surface area contributed by atoms with Gasteiger partial charge in [-0.15, -0.1) is 0 Å². The highest BCUT2D eigenvalue weighted by molar-refractivity contribution is 4.85. The molecule has 0 radical (unpaired) electrons. The van der Waals surface area contributed by atoms with Crippen LogP contribution in [0.1, 0.15) is 64.7 Å². The molecule has 3 unspecified atom stereocenters. The molecule has 0 bridgehead atoms. The SMILES string of the molecule is CC(CO)C1CCCCC1C1CCCCC1. The zero-order valence-corrected chi connectivity index (χ0v) is 10.8. The summed E-state index contributed by atoms with van der Waals surface area (Å²) in [5.41, 5.74) is 0. The van der Waals surface area contributed by atoms with E-state index in [-0.39, 0.29) is 0 Å². The van der Waals surface area contributed by atoms with Gasteiger partial charge in [-0.25, -0.2) is 0 Å². The molecule has 2 saturated carbocycles. The molecule has 2 aliphatic carbocycles. The van der Waals surface area contributed by atoms with E-state index in [0.717, 1.165) is 17.8 Å². The fourth-order valence-corrected chi connectivity index (χ4v) is 4.18. The maximum Gasteiger partial charge on any atom is 0.0459 e. The molecule has 0 aromatic rings. The second-order valence-corrected chi connectivity index (χ2v) is 6.17. The first kappa shape index (κ1) is 12.4. The Morgan fingerprint density at radius 3 is 2.25 bits per heavy atom. The highest BCUT2D eigenvalue weighted by atomic mass is 16.3. The van der Waals surface area contributed by atoms with Gasteiger partial charge in [0.2, 0.25) is 0 Å². The Hall–Kier alpha value is -0.0400. The van der Waals surface area contributed by atoms with Crippen LogP contribution in [0.15, 0.2) is 0 Å². The summed E-state index contributed by atoms with van der Waals surface area (Å²) in [6.45, 7) is 2.65. The van der Waals surface area contributed by atoms with Gasteiger partial charge in [0, 0.05) is 6.61 Å². The summed E-state index contributed by atoms with van der Waals surface area (Å²) in [5.74, 6) is 3.29. The Bertz CT molecular complexity index is 196. The molecular weight excluding hydrogens is 196 g/mol. The van der Waals surface area contributed by atoms with E-state index in [0.29, 0.717) is 12.5 Å². The molecule has 2 aliphatic rings. The predicted molar refractivity (Wildman–Crippen MR) is 68.3 cm³/mol. The lowest BCUT2D eigenvalue weighted by molar-refractivity contribution is 0.0639. The van der Waals surface area contributed by atoms with Gasteiger partial charge in [0.1, 0.15) is 0 Å². The second-order valence-electron chi connectivity index (χ2n) is 6.17. The maximum atomic E-state index is 9.40. The van der Waals surface area contributed by atoms with Crippen LogP contribution in [0.3, 0.4) is 0 Å². The van der Waals surface area contributed by atoms with Gasteiger partial charge in [-0.2, -0.15) is 0 Å². The van der Waals surface area contributed by atoms with E-state index in [1.807, 2.05) is 0 Å². The van der Waals surface area contributed by atoms with Crippen molar-refractivity contribution in [2.45, 2.75) is 64.7 Å². The van der Waals surface area contributed by atoms with Gasteiger partial charge in [-0.1, -0.05) is 51.9 Å². The van der Waals surface area contributed by atoms with Crippen molar-refractivity contribution in [2.75, 3.05) is 6.61 Å². The largest absolute Gasteiger partial charge is 0.396 e. The third-order valence-corrected chi connectivity index (χ3v) is 5.15. The van der Waals surface area contributed by atoms with Gasteiger partial charge < -0.3 is 5.11 Å². The predicted octanol–water partition coefficient (Wildman–Crippen LogP) is 4.00. The van der Waals surface area contributed by atoms with E-state index >= 15 is 0 Å². The van der Waals surface area contributed by atoms with Crippen LogP contribution in [0.5, 0.6) is 0 Å². The Morgan fingerprint density at radius 1 is 0.938 bits per heavy atom. The molecule has 0 saturated heterocycles. The second kappa shape index (κ2) is 6.05. The summed E-state index contributed by atoms with van der Waals surface area (Å²) >= 11 is 0. The summed E-state index contributed by atoms with van der Waals surface area (Å²) in [4.78, 5) is 0. The Morgan fingerprint density at radius 2 is 1.56 bits per heavy atom. The van der Waals surface area contributed by atoms with E-state index in [4.69, 9.17) is 0 Å². The van der Waals surface area contributed by atoms with Gasteiger partial charge in [0.15, 0.2) is 0 Å². The lowest BCUT2D eigenvalue weighted by Gasteiger charge is -2.41. The van der Waals surface area contributed by atoms with Gasteiger partial charge in [-0.05, 0) is 36.5 Å². The fraction of sp³-hybridized carbons (Fsp3) is 1.00. The molecule has 2 fully saturated rings. The van der Waals surface area contributed by atoms with Crippen molar-refractivity contribution in [2.24, 2.45) is 23.7 Å². The number of aliphatic hydroxyl groups is 1. The minimum Gasteiger partial charge on any atom is -0.396 e. The van der Waals surface area contributed by atoms with E-state index in [2.05, 4.69) is 6.92 Å². The number of rotatable bonds is 3. The first-order valence-corrected chi connectivity index (χ1v) is 7.43. The zero-order chi connectivity index (χ0) is 11.4. The maximum absolute atomic E-state index is 9.40. The third-order valence-electron chi connectivity index (χ3n) is 5.15. The van der Waals surface area contributed by atoms with Crippen molar-refractivity contribution in [3.8, 4) is 0 Å². The van der Waals surface area contributed by atoms with Crippen molar-refractivity contribution < 1.29 is 5.11 Å². The molecule has 94 valence electrons. The quantitative estimate of drug-likeness (QED) is 0.768.